The SMILES string of the molecule is O=C1NCCCN1[C@@H]1O[C@H](CO)[C@@H](O)[C@H]1OP(=O)(O)O. The van der Waals surface area contributed by atoms with Crippen molar-refractivity contribution in [3.05, 3.63) is 0 Å². The number of phosphoric acid groups is 1. The van der Waals surface area contributed by atoms with Gasteiger partial charge in [-0.05, 0) is 6.42 Å². The molecule has 20 heavy (non-hydrogen) atoms. The van der Waals surface area contributed by atoms with Gasteiger partial charge in [-0.3, -0.25) is 9.42 Å². The third-order valence-electron chi connectivity index (χ3n) is 3.17. The van der Waals surface area contributed by atoms with Crippen molar-refractivity contribution < 1.29 is 38.6 Å². The summed E-state index contributed by atoms with van der Waals surface area (Å²) in [4.78, 5) is 30.7. The molecule has 0 spiro atoms. The predicted octanol–water partition coefficient (Wildman–Crippen LogP) is -2.04. The van der Waals surface area contributed by atoms with Crippen molar-refractivity contribution in [1.29, 1.82) is 0 Å². The molecule has 0 bridgehead atoms. The van der Waals surface area contributed by atoms with Crippen molar-refractivity contribution in [2.75, 3.05) is 19.7 Å². The Labute approximate surface area is 114 Å². The number of hydrogen-bond donors (Lipinski definition) is 5. The fourth-order valence-electron chi connectivity index (χ4n) is 2.28. The molecule has 0 radical (unpaired) electrons. The van der Waals surface area contributed by atoms with E-state index in [4.69, 9.17) is 19.6 Å². The van der Waals surface area contributed by atoms with Gasteiger partial charge in [0.1, 0.15) is 18.3 Å². The number of carbonyl (C=O) groups excluding carboxylic acids is 1. The smallest absolute Gasteiger partial charge is 0.394 e. The molecule has 2 heterocycles. The van der Waals surface area contributed by atoms with Crippen LogP contribution in [0.4, 0.5) is 4.79 Å². The predicted molar refractivity (Wildman–Crippen MR) is 63.4 cm³/mol. The maximum atomic E-state index is 11.7. The second-order valence-electron chi connectivity index (χ2n) is 4.58. The van der Waals surface area contributed by atoms with Gasteiger partial charge in [0.15, 0.2) is 6.23 Å². The largest absolute Gasteiger partial charge is 0.470 e. The van der Waals surface area contributed by atoms with Gasteiger partial charge in [-0.25, -0.2) is 9.36 Å². The van der Waals surface area contributed by atoms with Crippen LogP contribution in [0.25, 0.3) is 0 Å². The first kappa shape index (κ1) is 15.6. The Balaban J connectivity index is 2.19. The van der Waals surface area contributed by atoms with E-state index in [0.29, 0.717) is 19.5 Å². The van der Waals surface area contributed by atoms with Gasteiger partial charge < -0.3 is 30.1 Å². The Bertz CT molecular complexity index is 415. The second-order valence-corrected chi connectivity index (χ2v) is 5.77. The Hall–Kier alpha value is -0.740. The summed E-state index contributed by atoms with van der Waals surface area (Å²) in [5.74, 6) is 0. The minimum Gasteiger partial charge on any atom is -0.394 e. The van der Waals surface area contributed by atoms with E-state index in [2.05, 4.69) is 9.84 Å². The number of ether oxygens (including phenoxy) is 1. The number of urea groups is 1. The molecular weight excluding hydrogens is 295 g/mol. The van der Waals surface area contributed by atoms with Crippen LogP contribution in [0.5, 0.6) is 0 Å². The number of hydrogen-bond acceptors (Lipinski definition) is 6. The molecule has 2 rings (SSSR count). The number of aliphatic hydroxyl groups is 2. The van der Waals surface area contributed by atoms with Gasteiger partial charge in [0, 0.05) is 13.1 Å². The fourth-order valence-corrected chi connectivity index (χ4v) is 2.83. The van der Waals surface area contributed by atoms with Crippen molar-refractivity contribution >= 4 is 13.9 Å². The van der Waals surface area contributed by atoms with Crippen LogP contribution < -0.4 is 5.32 Å². The van der Waals surface area contributed by atoms with E-state index in [1.807, 2.05) is 0 Å². The van der Waals surface area contributed by atoms with Crippen molar-refractivity contribution in [3.63, 3.8) is 0 Å². The first-order valence-electron chi connectivity index (χ1n) is 6.06. The van der Waals surface area contributed by atoms with Gasteiger partial charge >= 0.3 is 13.9 Å². The molecule has 0 aliphatic carbocycles. The van der Waals surface area contributed by atoms with Crippen molar-refractivity contribution in [3.8, 4) is 0 Å². The molecule has 116 valence electrons. The second kappa shape index (κ2) is 5.94. The summed E-state index contributed by atoms with van der Waals surface area (Å²) >= 11 is 0. The molecule has 2 fully saturated rings. The summed E-state index contributed by atoms with van der Waals surface area (Å²) < 4.78 is 20.8. The normalized spacial score (nSPS) is 35.2. The highest BCUT2D eigenvalue weighted by atomic mass is 31.2. The standard InChI is InChI=1S/C9H17N2O8P/c12-4-5-6(13)7(19-20(15,16)17)8(18-5)11-3-1-2-10-9(11)14/h5-8,12-13H,1-4H2,(H,10,14)(H2,15,16,17)/t5-,6-,7-,8-/m1/s1. The van der Waals surface area contributed by atoms with Crippen LogP contribution >= 0.6 is 7.82 Å². The molecule has 2 aliphatic heterocycles. The van der Waals surface area contributed by atoms with Gasteiger partial charge in [-0.15, -0.1) is 0 Å². The number of nitrogens with one attached hydrogen (secondary N) is 1. The highest BCUT2D eigenvalue weighted by Crippen LogP contribution is 2.42. The monoisotopic (exact) mass is 312 g/mol. The summed E-state index contributed by atoms with van der Waals surface area (Å²) in [6, 6.07) is -0.480. The minimum absolute atomic E-state index is 0.294. The van der Waals surface area contributed by atoms with Crippen LogP contribution in [0.1, 0.15) is 6.42 Å². The molecule has 2 amide bonds. The van der Waals surface area contributed by atoms with E-state index in [1.165, 1.54) is 4.90 Å². The molecule has 2 aliphatic rings. The molecule has 0 aromatic rings. The van der Waals surface area contributed by atoms with Crippen LogP contribution in [-0.4, -0.2) is 75.2 Å². The molecule has 0 saturated carbocycles. The maximum absolute atomic E-state index is 11.7. The van der Waals surface area contributed by atoms with Crippen LogP contribution in [0.15, 0.2) is 0 Å². The van der Waals surface area contributed by atoms with E-state index in [0.717, 1.165) is 0 Å². The van der Waals surface area contributed by atoms with Crippen LogP contribution in [-0.2, 0) is 13.8 Å². The molecule has 0 aromatic carbocycles. The number of carbonyl (C=O) groups is 1. The fraction of sp³-hybridized carbons (Fsp3) is 0.889. The Morgan fingerprint density at radius 3 is 2.75 bits per heavy atom. The zero-order valence-corrected chi connectivity index (χ0v) is 11.3. The van der Waals surface area contributed by atoms with Crippen molar-refractivity contribution in [2.24, 2.45) is 0 Å². The van der Waals surface area contributed by atoms with Crippen LogP contribution in [0.2, 0.25) is 0 Å². The summed E-state index contributed by atoms with van der Waals surface area (Å²) in [5, 5.41) is 21.5. The molecular formula is C9H17N2O8P. The number of phosphoric ester groups is 1. The highest BCUT2D eigenvalue weighted by Gasteiger charge is 2.50. The summed E-state index contributed by atoms with van der Waals surface area (Å²) in [6.45, 7) is 0.217. The molecule has 4 atom stereocenters. The van der Waals surface area contributed by atoms with Crippen molar-refractivity contribution in [2.45, 2.75) is 31.0 Å². The summed E-state index contributed by atoms with van der Waals surface area (Å²) in [5.41, 5.74) is 0. The van der Waals surface area contributed by atoms with E-state index in [1.54, 1.807) is 0 Å². The Morgan fingerprint density at radius 2 is 2.20 bits per heavy atom. The molecule has 11 heteroatoms. The number of rotatable bonds is 4. The van der Waals surface area contributed by atoms with Gasteiger partial charge in [0.25, 0.3) is 0 Å². The lowest BCUT2D eigenvalue weighted by atomic mass is 10.1. The lowest BCUT2D eigenvalue weighted by Crippen LogP contribution is -2.55. The Morgan fingerprint density at radius 1 is 1.50 bits per heavy atom. The molecule has 0 aromatic heterocycles. The third kappa shape index (κ3) is 3.29. The summed E-state index contributed by atoms with van der Waals surface area (Å²) in [6.07, 6.45) is -4.51. The Kier molecular flexibility index (Phi) is 4.65. The van der Waals surface area contributed by atoms with Crippen LogP contribution in [0.3, 0.4) is 0 Å². The zero-order chi connectivity index (χ0) is 14.9. The average Bonchev–Trinajstić information content (AvgIpc) is 2.66. The first-order chi connectivity index (χ1) is 9.33. The number of aliphatic hydroxyl groups excluding tert-OH is 2. The maximum Gasteiger partial charge on any atom is 0.470 e. The van der Waals surface area contributed by atoms with Gasteiger partial charge in [-0.2, -0.15) is 0 Å². The molecule has 10 nitrogen and oxygen atoms in total. The molecule has 5 N–H and O–H groups in total. The quantitative estimate of drug-likeness (QED) is 0.373. The lowest BCUT2D eigenvalue weighted by molar-refractivity contribution is -0.0807. The minimum atomic E-state index is -4.88. The first-order valence-corrected chi connectivity index (χ1v) is 7.59. The van der Waals surface area contributed by atoms with E-state index in [-0.39, 0.29) is 0 Å². The number of amides is 2. The summed E-state index contributed by atoms with van der Waals surface area (Å²) in [7, 11) is -4.88. The van der Waals surface area contributed by atoms with Crippen molar-refractivity contribution in [1.82, 2.24) is 10.2 Å². The van der Waals surface area contributed by atoms with Gasteiger partial charge in [0.2, 0.25) is 0 Å². The molecule has 2 saturated heterocycles. The van der Waals surface area contributed by atoms with Gasteiger partial charge in [0.05, 0.1) is 6.61 Å². The van der Waals surface area contributed by atoms with E-state index >= 15 is 0 Å². The lowest BCUT2D eigenvalue weighted by Gasteiger charge is -2.34. The highest BCUT2D eigenvalue weighted by molar-refractivity contribution is 7.46. The van der Waals surface area contributed by atoms with Gasteiger partial charge in [-0.1, -0.05) is 0 Å². The van der Waals surface area contributed by atoms with E-state index in [9.17, 15) is 14.5 Å². The number of nitrogens with zero attached hydrogens (tertiary/aromatic N) is 1. The zero-order valence-electron chi connectivity index (χ0n) is 10.5. The average molecular weight is 312 g/mol. The van der Waals surface area contributed by atoms with Crippen LogP contribution in [0, 0.1) is 0 Å². The third-order valence-corrected chi connectivity index (χ3v) is 3.69. The topological polar surface area (TPSA) is 149 Å². The van der Waals surface area contributed by atoms with E-state index < -0.39 is 45.0 Å². The molecule has 0 unspecified atom stereocenters.